The lowest BCUT2D eigenvalue weighted by Crippen LogP contribution is -1.99. The van der Waals surface area contributed by atoms with Crippen LogP contribution in [0.15, 0.2) is 0 Å². The molecule has 0 nitrogen and oxygen atoms in total. The van der Waals surface area contributed by atoms with Crippen LogP contribution in [0.4, 0.5) is 0 Å². The molecule has 0 amide bonds. The smallest absolute Gasteiger partial charge is 0.0417 e. The van der Waals surface area contributed by atoms with Gasteiger partial charge in [0.05, 0.1) is 0 Å². The zero-order valence-corrected chi connectivity index (χ0v) is 7.92. The molecule has 0 heterocycles. The molecule has 0 aromatic heterocycles. The topological polar surface area (TPSA) is 0 Å². The second kappa shape index (κ2) is 3.88. The Morgan fingerprint density at radius 3 is 2.20 bits per heavy atom. The summed E-state index contributed by atoms with van der Waals surface area (Å²) in [6.07, 6.45) is 0.791. The van der Waals surface area contributed by atoms with E-state index in [9.17, 15) is 0 Å². The second-order valence-electron chi connectivity index (χ2n) is 3.54. The van der Waals surface area contributed by atoms with Crippen molar-refractivity contribution in [3.63, 3.8) is 0 Å². The van der Waals surface area contributed by atoms with Crippen LogP contribution in [0.2, 0.25) is 0 Å². The van der Waals surface area contributed by atoms with Gasteiger partial charge in [-0.1, -0.05) is 5.92 Å². The van der Waals surface area contributed by atoms with Crippen LogP contribution in [0.3, 0.4) is 0 Å². The van der Waals surface area contributed by atoms with Crippen molar-refractivity contribution in [3.8, 4) is 11.8 Å². The van der Waals surface area contributed by atoms with Gasteiger partial charge in [-0.2, -0.15) is 0 Å². The molecule has 0 aliphatic rings. The molecule has 1 unspecified atom stereocenters. The molecule has 0 bridgehead atoms. The van der Waals surface area contributed by atoms with Gasteiger partial charge in [0, 0.05) is 17.2 Å². The van der Waals surface area contributed by atoms with Crippen LogP contribution in [0, 0.1) is 17.3 Å². The standard InChI is InChI=1S/C9H15Cl/c1-8(10)6-5-7-9(2,3)4/h8H,6H2,1-4H3. The van der Waals surface area contributed by atoms with Crippen molar-refractivity contribution in [3.05, 3.63) is 0 Å². The zero-order chi connectivity index (χ0) is 8.20. The quantitative estimate of drug-likeness (QED) is 0.407. The minimum absolute atomic E-state index is 0.117. The summed E-state index contributed by atoms with van der Waals surface area (Å²) in [4.78, 5) is 0. The minimum Gasteiger partial charge on any atom is -0.122 e. The molecule has 0 saturated carbocycles. The molecule has 0 spiro atoms. The van der Waals surface area contributed by atoms with Crippen molar-refractivity contribution < 1.29 is 0 Å². The van der Waals surface area contributed by atoms with E-state index in [1.807, 2.05) is 6.92 Å². The summed E-state index contributed by atoms with van der Waals surface area (Å²) in [6, 6.07) is 0. The molecular weight excluding hydrogens is 144 g/mol. The van der Waals surface area contributed by atoms with Crippen molar-refractivity contribution in [2.75, 3.05) is 0 Å². The highest BCUT2D eigenvalue weighted by Gasteiger charge is 2.02. The molecule has 0 radical (unpaired) electrons. The lowest BCUT2D eigenvalue weighted by molar-refractivity contribution is 0.570. The highest BCUT2D eigenvalue weighted by molar-refractivity contribution is 6.20. The van der Waals surface area contributed by atoms with E-state index in [-0.39, 0.29) is 10.8 Å². The summed E-state index contributed by atoms with van der Waals surface area (Å²) >= 11 is 5.70. The normalized spacial score (nSPS) is 13.7. The predicted octanol–water partition coefficient (Wildman–Crippen LogP) is 3.05. The van der Waals surface area contributed by atoms with Gasteiger partial charge < -0.3 is 0 Å². The summed E-state index contributed by atoms with van der Waals surface area (Å²) in [5.41, 5.74) is 0.117. The van der Waals surface area contributed by atoms with Gasteiger partial charge in [0.15, 0.2) is 0 Å². The molecule has 1 atom stereocenters. The molecule has 58 valence electrons. The Morgan fingerprint density at radius 1 is 1.40 bits per heavy atom. The third kappa shape index (κ3) is 7.85. The van der Waals surface area contributed by atoms with Crippen molar-refractivity contribution in [1.82, 2.24) is 0 Å². The van der Waals surface area contributed by atoms with Gasteiger partial charge in [-0.05, 0) is 27.7 Å². The molecule has 10 heavy (non-hydrogen) atoms. The van der Waals surface area contributed by atoms with E-state index in [1.54, 1.807) is 0 Å². The van der Waals surface area contributed by atoms with Crippen LogP contribution in [-0.4, -0.2) is 5.38 Å². The minimum atomic E-state index is 0.117. The first-order chi connectivity index (χ1) is 4.42. The Morgan fingerprint density at radius 2 is 1.90 bits per heavy atom. The summed E-state index contributed by atoms with van der Waals surface area (Å²) in [5, 5.41) is 0.176. The average molecular weight is 159 g/mol. The van der Waals surface area contributed by atoms with Gasteiger partial charge in [0.2, 0.25) is 0 Å². The van der Waals surface area contributed by atoms with Crippen LogP contribution in [0.25, 0.3) is 0 Å². The number of hydrogen-bond acceptors (Lipinski definition) is 0. The van der Waals surface area contributed by atoms with Gasteiger partial charge in [-0.25, -0.2) is 0 Å². The van der Waals surface area contributed by atoms with Crippen LogP contribution in [-0.2, 0) is 0 Å². The highest BCUT2D eigenvalue weighted by Crippen LogP contribution is 2.10. The fourth-order valence-corrected chi connectivity index (χ4v) is 0.534. The number of halogens is 1. The molecule has 0 aromatic rings. The third-order valence-electron chi connectivity index (χ3n) is 0.847. The molecule has 0 aromatic carbocycles. The van der Waals surface area contributed by atoms with E-state index < -0.39 is 0 Å². The van der Waals surface area contributed by atoms with Crippen molar-refractivity contribution >= 4 is 11.6 Å². The van der Waals surface area contributed by atoms with Gasteiger partial charge >= 0.3 is 0 Å². The first-order valence-electron chi connectivity index (χ1n) is 3.56. The Balaban J connectivity index is 3.71. The molecule has 0 N–H and O–H groups in total. The molecule has 0 rings (SSSR count). The molecule has 1 heteroatoms. The number of rotatable bonds is 1. The maximum atomic E-state index is 5.70. The Labute approximate surface area is 69.0 Å². The Bertz CT molecular complexity index is 140. The van der Waals surface area contributed by atoms with E-state index in [0.717, 1.165) is 6.42 Å². The van der Waals surface area contributed by atoms with Gasteiger partial charge in [-0.3, -0.25) is 0 Å². The van der Waals surface area contributed by atoms with E-state index in [0.29, 0.717) is 0 Å². The van der Waals surface area contributed by atoms with Crippen molar-refractivity contribution in [2.24, 2.45) is 5.41 Å². The Kier molecular flexibility index (Phi) is 3.83. The van der Waals surface area contributed by atoms with Crippen LogP contribution in [0.5, 0.6) is 0 Å². The third-order valence-corrected chi connectivity index (χ3v) is 1.00. The molecular formula is C9H15Cl. The lowest BCUT2D eigenvalue weighted by atomic mass is 9.98. The van der Waals surface area contributed by atoms with E-state index in [2.05, 4.69) is 32.6 Å². The van der Waals surface area contributed by atoms with Crippen molar-refractivity contribution in [2.45, 2.75) is 39.5 Å². The van der Waals surface area contributed by atoms with Gasteiger partial charge in [0.25, 0.3) is 0 Å². The van der Waals surface area contributed by atoms with Crippen molar-refractivity contribution in [1.29, 1.82) is 0 Å². The zero-order valence-electron chi connectivity index (χ0n) is 7.16. The summed E-state index contributed by atoms with van der Waals surface area (Å²) in [5.74, 6) is 6.16. The van der Waals surface area contributed by atoms with E-state index in [1.165, 1.54) is 0 Å². The lowest BCUT2D eigenvalue weighted by Gasteiger charge is -2.06. The largest absolute Gasteiger partial charge is 0.122 e. The average Bonchev–Trinajstić information content (AvgIpc) is 1.59. The fourth-order valence-electron chi connectivity index (χ4n) is 0.457. The van der Waals surface area contributed by atoms with Gasteiger partial charge in [-0.15, -0.1) is 17.5 Å². The van der Waals surface area contributed by atoms with Crippen LogP contribution in [0.1, 0.15) is 34.1 Å². The maximum Gasteiger partial charge on any atom is 0.0417 e. The maximum absolute atomic E-state index is 5.70. The van der Waals surface area contributed by atoms with E-state index in [4.69, 9.17) is 11.6 Å². The van der Waals surface area contributed by atoms with Gasteiger partial charge in [0.1, 0.15) is 0 Å². The Hall–Kier alpha value is -0.150. The number of alkyl halides is 1. The first kappa shape index (κ1) is 9.85. The molecule has 0 fully saturated rings. The SMILES string of the molecule is CC(Cl)CC#CC(C)(C)C. The van der Waals surface area contributed by atoms with E-state index >= 15 is 0 Å². The van der Waals surface area contributed by atoms with Crippen LogP contribution < -0.4 is 0 Å². The number of hydrogen-bond donors (Lipinski definition) is 0. The summed E-state index contributed by atoms with van der Waals surface area (Å²) in [6.45, 7) is 8.25. The molecule has 0 saturated heterocycles. The predicted molar refractivity (Wildman–Crippen MR) is 47.2 cm³/mol. The second-order valence-corrected chi connectivity index (χ2v) is 4.28. The molecule has 0 aliphatic carbocycles. The molecule has 0 aliphatic heterocycles. The summed E-state index contributed by atoms with van der Waals surface area (Å²) in [7, 11) is 0. The monoisotopic (exact) mass is 158 g/mol. The summed E-state index contributed by atoms with van der Waals surface area (Å²) < 4.78 is 0. The van der Waals surface area contributed by atoms with Crippen LogP contribution >= 0.6 is 11.6 Å². The first-order valence-corrected chi connectivity index (χ1v) is 3.99. The highest BCUT2D eigenvalue weighted by atomic mass is 35.5. The fraction of sp³-hybridized carbons (Fsp3) is 0.778.